The maximum absolute atomic E-state index is 5.25. The highest BCUT2D eigenvalue weighted by Crippen LogP contribution is 2.19. The molecular formula is C13H9. The smallest absolute Gasteiger partial charge is 0.0634 e. The molecule has 2 rings (SSSR count). The van der Waals surface area contributed by atoms with Gasteiger partial charge in [0, 0.05) is 0 Å². The quantitative estimate of drug-likeness (QED) is 0.570. The minimum Gasteiger partial charge on any atom is -0.119 e. The van der Waals surface area contributed by atoms with Gasteiger partial charge < -0.3 is 0 Å². The van der Waals surface area contributed by atoms with E-state index in [-0.39, 0.29) is 0 Å². The van der Waals surface area contributed by atoms with Gasteiger partial charge in [-0.05, 0) is 16.3 Å². The van der Waals surface area contributed by atoms with Crippen molar-refractivity contribution >= 4 is 10.8 Å². The molecule has 1 radical (unpaired) electrons. The van der Waals surface area contributed by atoms with E-state index in [4.69, 9.17) is 6.42 Å². The maximum atomic E-state index is 5.25. The zero-order valence-corrected chi connectivity index (χ0v) is 7.20. The largest absolute Gasteiger partial charge is 0.119 e. The molecule has 2 aromatic carbocycles. The van der Waals surface area contributed by atoms with Gasteiger partial charge in [-0.3, -0.25) is 0 Å². The lowest BCUT2D eigenvalue weighted by Crippen LogP contribution is -1.81. The molecule has 2 aromatic rings. The summed E-state index contributed by atoms with van der Waals surface area (Å²) in [5.74, 6) is 2.55. The molecule has 0 saturated carbocycles. The van der Waals surface area contributed by atoms with Crippen LogP contribution in [-0.4, -0.2) is 0 Å². The van der Waals surface area contributed by atoms with Gasteiger partial charge in [0.15, 0.2) is 0 Å². The lowest BCUT2D eigenvalue weighted by molar-refractivity contribution is 1.61. The van der Waals surface area contributed by atoms with E-state index in [1.807, 2.05) is 24.3 Å². The van der Waals surface area contributed by atoms with Crippen molar-refractivity contribution in [3.63, 3.8) is 0 Å². The summed E-state index contributed by atoms with van der Waals surface area (Å²) >= 11 is 0. The van der Waals surface area contributed by atoms with Gasteiger partial charge in [0.2, 0.25) is 0 Å². The van der Waals surface area contributed by atoms with Crippen LogP contribution in [0.15, 0.2) is 42.5 Å². The average Bonchev–Trinajstić information content (AvgIpc) is 2.19. The summed E-state index contributed by atoms with van der Waals surface area (Å²) in [5, 5.41) is 2.44. The van der Waals surface area contributed by atoms with Crippen LogP contribution in [0.3, 0.4) is 0 Å². The van der Waals surface area contributed by atoms with E-state index in [0.29, 0.717) is 0 Å². The fourth-order valence-corrected chi connectivity index (χ4v) is 1.47. The van der Waals surface area contributed by atoms with Gasteiger partial charge in [0.1, 0.15) is 0 Å². The lowest BCUT2D eigenvalue weighted by Gasteiger charge is -2.01. The molecular weight excluding hydrogens is 156 g/mol. The first kappa shape index (κ1) is 7.89. The van der Waals surface area contributed by atoms with Gasteiger partial charge in [-0.1, -0.05) is 48.4 Å². The van der Waals surface area contributed by atoms with Crippen LogP contribution in [0.4, 0.5) is 0 Å². The van der Waals surface area contributed by atoms with E-state index >= 15 is 0 Å². The van der Waals surface area contributed by atoms with E-state index < -0.39 is 0 Å². The van der Waals surface area contributed by atoms with Gasteiger partial charge in [-0.15, -0.1) is 6.42 Å². The summed E-state index contributed by atoms with van der Waals surface area (Å²) in [4.78, 5) is 0. The number of terminal acetylenes is 1. The molecule has 0 aliphatic heterocycles. The van der Waals surface area contributed by atoms with Crippen LogP contribution in [0.5, 0.6) is 0 Å². The molecule has 0 aromatic heterocycles. The molecule has 0 heterocycles. The van der Waals surface area contributed by atoms with E-state index in [0.717, 1.165) is 5.56 Å². The van der Waals surface area contributed by atoms with Crippen molar-refractivity contribution in [1.29, 1.82) is 0 Å². The lowest BCUT2D eigenvalue weighted by atomic mass is 10.0. The van der Waals surface area contributed by atoms with Gasteiger partial charge >= 0.3 is 0 Å². The Morgan fingerprint density at radius 2 is 1.77 bits per heavy atom. The molecule has 0 amide bonds. The molecule has 0 spiro atoms. The van der Waals surface area contributed by atoms with Crippen LogP contribution in [0, 0.1) is 18.8 Å². The Morgan fingerprint density at radius 3 is 2.62 bits per heavy atom. The molecule has 0 aliphatic carbocycles. The Kier molecular flexibility index (Phi) is 2.02. The van der Waals surface area contributed by atoms with Crippen molar-refractivity contribution in [2.24, 2.45) is 0 Å². The molecule has 0 bridgehead atoms. The third-order valence-electron chi connectivity index (χ3n) is 2.06. The average molecular weight is 165 g/mol. The van der Waals surface area contributed by atoms with Crippen LogP contribution < -0.4 is 0 Å². The predicted octanol–water partition coefficient (Wildman–Crippen LogP) is 3.03. The molecule has 0 aliphatic rings. The predicted molar refractivity (Wildman–Crippen MR) is 56.2 cm³/mol. The van der Waals surface area contributed by atoms with E-state index in [1.54, 1.807) is 6.42 Å². The summed E-state index contributed by atoms with van der Waals surface area (Å²) in [5.41, 5.74) is 1.11. The number of rotatable bonds is 1. The molecule has 0 saturated heterocycles. The Hall–Kier alpha value is -1.74. The van der Waals surface area contributed by atoms with Crippen molar-refractivity contribution in [3.05, 3.63) is 54.4 Å². The van der Waals surface area contributed by atoms with Crippen LogP contribution in [0.2, 0.25) is 0 Å². The second-order valence-electron chi connectivity index (χ2n) is 2.88. The third kappa shape index (κ3) is 1.41. The van der Waals surface area contributed by atoms with Crippen LogP contribution in [0.25, 0.3) is 10.8 Å². The van der Waals surface area contributed by atoms with E-state index in [9.17, 15) is 0 Å². The number of hydrogen-bond acceptors (Lipinski definition) is 0. The Balaban J connectivity index is 2.70. The van der Waals surface area contributed by atoms with Gasteiger partial charge in [0.05, 0.1) is 6.42 Å². The molecule has 0 fully saturated rings. The van der Waals surface area contributed by atoms with Crippen molar-refractivity contribution in [2.75, 3.05) is 0 Å². The third-order valence-corrected chi connectivity index (χ3v) is 2.06. The highest BCUT2D eigenvalue weighted by molar-refractivity contribution is 5.87. The molecule has 61 valence electrons. The summed E-state index contributed by atoms with van der Waals surface area (Å²) < 4.78 is 0. The molecule has 0 nitrogen and oxygen atoms in total. The van der Waals surface area contributed by atoms with Crippen LogP contribution >= 0.6 is 0 Å². The fourth-order valence-electron chi connectivity index (χ4n) is 1.47. The van der Waals surface area contributed by atoms with E-state index in [2.05, 4.69) is 24.1 Å². The summed E-state index contributed by atoms with van der Waals surface area (Å²) in [7, 11) is 0. The van der Waals surface area contributed by atoms with Gasteiger partial charge in [-0.2, -0.15) is 0 Å². The SMILES string of the molecule is C#C[CH]c1cccc2ccccc12. The summed E-state index contributed by atoms with van der Waals surface area (Å²) in [6.45, 7) is 0. The highest BCUT2D eigenvalue weighted by Gasteiger charge is 1.97. The fraction of sp³-hybridized carbons (Fsp3) is 0. The molecule has 0 unspecified atom stereocenters. The monoisotopic (exact) mass is 165 g/mol. The Labute approximate surface area is 78.2 Å². The minimum absolute atomic E-state index is 1.11. The highest BCUT2D eigenvalue weighted by atomic mass is 14.0. The maximum Gasteiger partial charge on any atom is 0.0634 e. The van der Waals surface area contributed by atoms with Gasteiger partial charge in [-0.25, -0.2) is 0 Å². The topological polar surface area (TPSA) is 0 Å². The van der Waals surface area contributed by atoms with Crippen molar-refractivity contribution in [3.8, 4) is 12.3 Å². The molecule has 13 heavy (non-hydrogen) atoms. The zero-order valence-electron chi connectivity index (χ0n) is 7.20. The first-order valence-electron chi connectivity index (χ1n) is 4.19. The van der Waals surface area contributed by atoms with E-state index in [1.165, 1.54) is 10.8 Å². The second kappa shape index (κ2) is 3.33. The second-order valence-corrected chi connectivity index (χ2v) is 2.88. The van der Waals surface area contributed by atoms with Crippen molar-refractivity contribution < 1.29 is 0 Å². The molecule has 0 heteroatoms. The summed E-state index contributed by atoms with van der Waals surface area (Å²) in [6.07, 6.45) is 7.04. The normalized spacial score (nSPS) is 9.77. The van der Waals surface area contributed by atoms with Crippen LogP contribution in [0.1, 0.15) is 5.56 Å². The first-order chi connectivity index (χ1) is 6.42. The molecule has 0 atom stereocenters. The number of hydrogen-bond donors (Lipinski definition) is 0. The summed E-state index contributed by atoms with van der Waals surface area (Å²) in [6, 6.07) is 14.4. The van der Waals surface area contributed by atoms with Crippen molar-refractivity contribution in [1.82, 2.24) is 0 Å². The number of benzene rings is 2. The minimum atomic E-state index is 1.11. The Morgan fingerprint density at radius 1 is 1.00 bits per heavy atom. The zero-order chi connectivity index (χ0) is 9.10. The van der Waals surface area contributed by atoms with Gasteiger partial charge in [0.25, 0.3) is 0 Å². The van der Waals surface area contributed by atoms with Crippen molar-refractivity contribution in [2.45, 2.75) is 0 Å². The molecule has 0 N–H and O–H groups in total. The first-order valence-corrected chi connectivity index (χ1v) is 4.19. The van der Waals surface area contributed by atoms with Crippen LogP contribution in [-0.2, 0) is 0 Å². The Bertz CT molecular complexity index is 455. The standard InChI is InChI=1S/C13H9/c1-2-6-11-8-5-9-12-7-3-4-10-13(11)12/h1,3-10H. The number of fused-ring (bicyclic) bond motifs is 1.